The van der Waals surface area contributed by atoms with Crippen LogP contribution in [-0.4, -0.2) is 17.8 Å². The van der Waals surface area contributed by atoms with Crippen LogP contribution in [0.4, 0.5) is 11.5 Å². The lowest BCUT2D eigenvalue weighted by Gasteiger charge is -2.18. The van der Waals surface area contributed by atoms with Crippen molar-refractivity contribution in [2.24, 2.45) is 0 Å². The van der Waals surface area contributed by atoms with E-state index in [2.05, 4.69) is 57.0 Å². The Morgan fingerprint density at radius 2 is 1.89 bits per heavy atom. The van der Waals surface area contributed by atoms with Crippen LogP contribution in [0.15, 0.2) is 52.0 Å². The highest BCUT2D eigenvalue weighted by molar-refractivity contribution is 9.10. The molecule has 0 aliphatic heterocycles. The first-order chi connectivity index (χ1) is 8.70. The number of benzene rings is 1. The van der Waals surface area contributed by atoms with Crippen molar-refractivity contribution in [2.45, 2.75) is 11.8 Å². The van der Waals surface area contributed by atoms with Crippen molar-refractivity contribution in [2.75, 3.05) is 17.7 Å². The molecule has 0 aliphatic carbocycles. The fourth-order valence-corrected chi connectivity index (χ4v) is 2.53. The highest BCUT2D eigenvalue weighted by atomic mass is 79.9. The first-order valence-electron chi connectivity index (χ1n) is 5.79. The second-order valence-corrected chi connectivity index (χ2v) is 6.07. The minimum atomic E-state index is 0.939. The molecule has 0 aliphatic rings. The summed E-state index contributed by atoms with van der Waals surface area (Å²) in [5, 5.41) is 0. The van der Waals surface area contributed by atoms with Gasteiger partial charge in [-0.1, -0.05) is 6.92 Å². The summed E-state index contributed by atoms with van der Waals surface area (Å²) in [7, 11) is 2.03. The van der Waals surface area contributed by atoms with Crippen LogP contribution >= 0.6 is 27.7 Å². The van der Waals surface area contributed by atoms with Gasteiger partial charge in [0.2, 0.25) is 0 Å². The molecule has 2 nitrogen and oxygen atoms in total. The van der Waals surface area contributed by atoms with E-state index in [1.54, 1.807) is 0 Å². The Kier molecular flexibility index (Phi) is 4.66. The molecule has 1 aromatic carbocycles. The predicted molar refractivity (Wildman–Crippen MR) is 82.8 cm³/mol. The van der Waals surface area contributed by atoms with Gasteiger partial charge in [-0.15, -0.1) is 11.8 Å². The van der Waals surface area contributed by atoms with E-state index in [0.29, 0.717) is 0 Å². The Morgan fingerprint density at radius 3 is 2.44 bits per heavy atom. The summed E-state index contributed by atoms with van der Waals surface area (Å²) in [5.74, 6) is 2.04. The molecule has 4 heteroatoms. The summed E-state index contributed by atoms with van der Waals surface area (Å²) in [6.07, 6.45) is 1.81. The van der Waals surface area contributed by atoms with Gasteiger partial charge in [0.05, 0.1) is 0 Å². The number of hydrogen-bond acceptors (Lipinski definition) is 3. The fraction of sp³-hybridized carbons (Fsp3) is 0.214. The van der Waals surface area contributed by atoms with Crippen molar-refractivity contribution in [3.05, 3.63) is 47.1 Å². The maximum absolute atomic E-state index is 4.39. The van der Waals surface area contributed by atoms with E-state index < -0.39 is 0 Å². The molecule has 0 amide bonds. The van der Waals surface area contributed by atoms with Gasteiger partial charge >= 0.3 is 0 Å². The van der Waals surface area contributed by atoms with Gasteiger partial charge in [-0.3, -0.25) is 0 Å². The van der Waals surface area contributed by atoms with Crippen molar-refractivity contribution in [3.63, 3.8) is 0 Å². The van der Waals surface area contributed by atoms with Gasteiger partial charge in [-0.05, 0) is 58.1 Å². The molecule has 0 unspecified atom stereocenters. The summed E-state index contributed by atoms with van der Waals surface area (Å²) >= 11 is 5.25. The lowest BCUT2D eigenvalue weighted by molar-refractivity contribution is 1.12. The van der Waals surface area contributed by atoms with Crippen LogP contribution in [0.2, 0.25) is 0 Å². The van der Waals surface area contributed by atoms with Crippen LogP contribution in [0.5, 0.6) is 0 Å². The first-order valence-corrected chi connectivity index (χ1v) is 7.56. The van der Waals surface area contributed by atoms with Crippen molar-refractivity contribution >= 4 is 39.2 Å². The number of anilines is 2. The van der Waals surface area contributed by atoms with Crippen molar-refractivity contribution in [3.8, 4) is 0 Å². The smallest absolute Gasteiger partial charge is 0.132 e. The average molecular weight is 323 g/mol. The zero-order chi connectivity index (χ0) is 13.0. The Bertz CT molecular complexity index is 496. The van der Waals surface area contributed by atoms with Crippen molar-refractivity contribution in [1.29, 1.82) is 0 Å². The van der Waals surface area contributed by atoms with E-state index >= 15 is 0 Å². The van der Waals surface area contributed by atoms with E-state index in [1.165, 1.54) is 4.90 Å². The molecule has 1 heterocycles. The highest BCUT2D eigenvalue weighted by Crippen LogP contribution is 2.25. The maximum atomic E-state index is 4.39. The quantitative estimate of drug-likeness (QED) is 0.757. The van der Waals surface area contributed by atoms with Gasteiger partial charge in [-0.2, -0.15) is 0 Å². The molecule has 1 aromatic heterocycles. The van der Waals surface area contributed by atoms with E-state index in [4.69, 9.17) is 0 Å². The summed E-state index contributed by atoms with van der Waals surface area (Å²) in [5.41, 5.74) is 1.14. The average Bonchev–Trinajstić information content (AvgIpc) is 2.40. The summed E-state index contributed by atoms with van der Waals surface area (Å²) in [6, 6.07) is 12.6. The van der Waals surface area contributed by atoms with Crippen LogP contribution in [-0.2, 0) is 0 Å². The number of hydrogen-bond donors (Lipinski definition) is 0. The first kappa shape index (κ1) is 13.4. The normalized spacial score (nSPS) is 10.4. The molecule has 2 rings (SSSR count). The van der Waals surface area contributed by atoms with Crippen LogP contribution in [0, 0.1) is 0 Å². The lowest BCUT2D eigenvalue weighted by atomic mass is 10.3. The topological polar surface area (TPSA) is 16.1 Å². The van der Waals surface area contributed by atoms with E-state index in [9.17, 15) is 0 Å². The molecule has 0 spiro atoms. The van der Waals surface area contributed by atoms with Gasteiger partial charge in [0.15, 0.2) is 0 Å². The van der Waals surface area contributed by atoms with Crippen LogP contribution in [0.1, 0.15) is 6.92 Å². The van der Waals surface area contributed by atoms with Gasteiger partial charge in [0, 0.05) is 28.3 Å². The second-order valence-electron chi connectivity index (χ2n) is 3.82. The molecule has 94 valence electrons. The van der Waals surface area contributed by atoms with Crippen molar-refractivity contribution in [1.82, 2.24) is 4.98 Å². The molecular weight excluding hydrogens is 308 g/mol. The standard InChI is InChI=1S/C14H15BrN2S/c1-3-18-13-7-5-12(6-8-13)17(2)14-9-4-11(15)10-16-14/h4-10H,3H2,1-2H3. The molecule has 0 saturated carbocycles. The Hall–Kier alpha value is -1.00. The third-order valence-electron chi connectivity index (χ3n) is 2.59. The van der Waals surface area contributed by atoms with Gasteiger partial charge in [0.1, 0.15) is 5.82 Å². The van der Waals surface area contributed by atoms with E-state index in [-0.39, 0.29) is 0 Å². The minimum absolute atomic E-state index is 0.939. The minimum Gasteiger partial charge on any atom is -0.329 e. The number of halogens is 1. The van der Waals surface area contributed by atoms with Crippen LogP contribution < -0.4 is 4.90 Å². The lowest BCUT2D eigenvalue weighted by Crippen LogP contribution is -2.10. The Labute approximate surface area is 121 Å². The second kappa shape index (κ2) is 6.25. The van der Waals surface area contributed by atoms with E-state index in [1.807, 2.05) is 37.1 Å². The number of thioether (sulfide) groups is 1. The molecule has 0 fully saturated rings. The summed E-state index contributed by atoms with van der Waals surface area (Å²) in [6.45, 7) is 2.16. The molecule has 0 radical (unpaired) electrons. The zero-order valence-corrected chi connectivity index (χ0v) is 12.8. The molecule has 0 N–H and O–H groups in total. The van der Waals surface area contributed by atoms with Crippen molar-refractivity contribution < 1.29 is 0 Å². The fourth-order valence-electron chi connectivity index (χ4n) is 1.63. The number of nitrogens with zero attached hydrogens (tertiary/aromatic N) is 2. The molecular formula is C14H15BrN2S. The SMILES string of the molecule is CCSc1ccc(N(C)c2ccc(Br)cn2)cc1. The summed E-state index contributed by atoms with van der Waals surface area (Å²) < 4.78 is 0.995. The third kappa shape index (κ3) is 3.27. The van der Waals surface area contributed by atoms with Gasteiger partial charge in [-0.25, -0.2) is 4.98 Å². The molecule has 0 bridgehead atoms. The monoisotopic (exact) mass is 322 g/mol. The molecule has 0 atom stereocenters. The maximum Gasteiger partial charge on any atom is 0.132 e. The summed E-state index contributed by atoms with van der Waals surface area (Å²) in [4.78, 5) is 7.77. The highest BCUT2D eigenvalue weighted by Gasteiger charge is 2.04. The number of aromatic nitrogens is 1. The Balaban J connectivity index is 2.17. The number of pyridine rings is 1. The number of rotatable bonds is 4. The molecule has 18 heavy (non-hydrogen) atoms. The van der Waals surface area contributed by atoms with Crippen LogP contribution in [0.3, 0.4) is 0 Å². The largest absolute Gasteiger partial charge is 0.329 e. The molecule has 0 saturated heterocycles. The Morgan fingerprint density at radius 1 is 1.17 bits per heavy atom. The predicted octanol–water partition coefficient (Wildman–Crippen LogP) is 4.72. The van der Waals surface area contributed by atoms with Gasteiger partial charge in [0.25, 0.3) is 0 Å². The van der Waals surface area contributed by atoms with Crippen LogP contribution in [0.25, 0.3) is 0 Å². The zero-order valence-electron chi connectivity index (χ0n) is 10.4. The molecule has 2 aromatic rings. The van der Waals surface area contributed by atoms with E-state index in [0.717, 1.165) is 21.7 Å². The third-order valence-corrected chi connectivity index (χ3v) is 3.95. The van der Waals surface area contributed by atoms with Gasteiger partial charge < -0.3 is 4.90 Å².